The average molecular weight is 471 g/mol. The molecule has 2 unspecified atom stereocenters. The van der Waals surface area contributed by atoms with Crippen LogP contribution in [0.5, 0.6) is 0 Å². The third kappa shape index (κ3) is 17.7. The first kappa shape index (κ1) is 29.6. The molecule has 194 valence electrons. The fourth-order valence-corrected chi connectivity index (χ4v) is 4.16. The number of carbonyl (C=O) groups excluding carboxylic acids is 2. The molecule has 0 N–H and O–H groups in total. The molecule has 0 bridgehead atoms. The molecule has 1 saturated carbocycles. The summed E-state index contributed by atoms with van der Waals surface area (Å²) in [6, 6.07) is 0. The third-order valence-corrected chi connectivity index (χ3v) is 6.15. The maximum atomic E-state index is 12.0. The van der Waals surface area contributed by atoms with Crippen LogP contribution >= 0.6 is 0 Å². The predicted octanol–water partition coefficient (Wildman–Crippen LogP) is 8.21. The van der Waals surface area contributed by atoms with E-state index in [9.17, 15) is 9.59 Å². The molecule has 33 heavy (non-hydrogen) atoms. The van der Waals surface area contributed by atoms with Crippen LogP contribution in [0.4, 0.5) is 9.59 Å². The van der Waals surface area contributed by atoms with E-state index in [1.165, 1.54) is 38.5 Å². The summed E-state index contributed by atoms with van der Waals surface area (Å²) in [6.45, 7) is 9.72. The monoisotopic (exact) mass is 470 g/mol. The van der Waals surface area contributed by atoms with Crippen LogP contribution in [0.15, 0.2) is 0 Å². The summed E-state index contributed by atoms with van der Waals surface area (Å²) in [7, 11) is 0. The van der Waals surface area contributed by atoms with Crippen molar-refractivity contribution in [3.8, 4) is 0 Å². The van der Waals surface area contributed by atoms with Crippen LogP contribution in [-0.2, 0) is 18.9 Å². The van der Waals surface area contributed by atoms with Gasteiger partial charge in [-0.25, -0.2) is 9.59 Å². The Balaban J connectivity index is 2.03. The molecule has 0 aromatic rings. The summed E-state index contributed by atoms with van der Waals surface area (Å²) in [6.07, 6.45) is 13.9. The molecule has 1 rings (SSSR count). The second kappa shape index (κ2) is 18.9. The average Bonchev–Trinajstić information content (AvgIpc) is 2.74. The van der Waals surface area contributed by atoms with Crippen LogP contribution in [0.25, 0.3) is 0 Å². The fourth-order valence-electron chi connectivity index (χ4n) is 4.16. The summed E-state index contributed by atoms with van der Waals surface area (Å²) in [4.78, 5) is 23.9. The molecule has 1 aliphatic rings. The highest BCUT2D eigenvalue weighted by Gasteiger charge is 2.28. The van der Waals surface area contributed by atoms with Gasteiger partial charge in [0.25, 0.3) is 0 Å². The quantitative estimate of drug-likeness (QED) is 0.157. The molecule has 0 aromatic heterocycles. The van der Waals surface area contributed by atoms with Gasteiger partial charge in [0.05, 0.1) is 13.2 Å². The van der Waals surface area contributed by atoms with Gasteiger partial charge in [-0.1, -0.05) is 79.1 Å². The lowest BCUT2D eigenvalue weighted by atomic mass is 9.95. The number of unbranched alkanes of at least 4 members (excludes halogenated alkanes) is 7. The van der Waals surface area contributed by atoms with E-state index in [0.717, 1.165) is 57.3 Å². The highest BCUT2D eigenvalue weighted by atomic mass is 16.7. The Morgan fingerprint density at radius 2 is 1.03 bits per heavy atom. The SMILES string of the molecule is CC(C)CCCCCCCCCOC(=O)OC1CCCC(OC(=O)OCCCCC(C)C)C1. The van der Waals surface area contributed by atoms with Crippen molar-refractivity contribution in [2.75, 3.05) is 13.2 Å². The molecule has 0 spiro atoms. The molecule has 0 radical (unpaired) electrons. The molecule has 0 aromatic carbocycles. The Morgan fingerprint density at radius 3 is 1.52 bits per heavy atom. The van der Waals surface area contributed by atoms with Crippen LogP contribution in [0.3, 0.4) is 0 Å². The van der Waals surface area contributed by atoms with E-state index in [-0.39, 0.29) is 12.2 Å². The van der Waals surface area contributed by atoms with Crippen molar-refractivity contribution in [1.82, 2.24) is 0 Å². The molecule has 0 saturated heterocycles. The molecule has 1 aliphatic carbocycles. The molecule has 0 aliphatic heterocycles. The minimum Gasteiger partial charge on any atom is -0.434 e. The van der Waals surface area contributed by atoms with Gasteiger partial charge in [0.1, 0.15) is 12.2 Å². The van der Waals surface area contributed by atoms with E-state index in [1.54, 1.807) is 0 Å². The molecule has 6 heteroatoms. The standard InChI is InChI=1S/C27H50O6/c1-22(2)15-10-8-6-5-7-9-12-19-30-26(28)32-24-17-14-18-25(21-24)33-27(29)31-20-13-11-16-23(3)4/h22-25H,5-21H2,1-4H3. The maximum absolute atomic E-state index is 12.0. The summed E-state index contributed by atoms with van der Waals surface area (Å²) < 4.78 is 21.2. The molecule has 1 fully saturated rings. The number of hydrogen-bond donors (Lipinski definition) is 0. The molecular weight excluding hydrogens is 420 g/mol. The van der Waals surface area contributed by atoms with Gasteiger partial charge in [0.2, 0.25) is 0 Å². The van der Waals surface area contributed by atoms with Crippen molar-refractivity contribution in [3.63, 3.8) is 0 Å². The molecule has 0 amide bonds. The number of rotatable bonds is 17. The zero-order valence-corrected chi connectivity index (χ0v) is 21.8. The Hall–Kier alpha value is -1.46. The van der Waals surface area contributed by atoms with Crippen LogP contribution < -0.4 is 0 Å². The first-order valence-corrected chi connectivity index (χ1v) is 13.5. The van der Waals surface area contributed by atoms with Gasteiger partial charge in [0, 0.05) is 6.42 Å². The van der Waals surface area contributed by atoms with Crippen molar-refractivity contribution < 1.29 is 28.5 Å². The first-order valence-electron chi connectivity index (χ1n) is 13.5. The minimum absolute atomic E-state index is 0.263. The Bertz CT molecular complexity index is 505. The van der Waals surface area contributed by atoms with Crippen molar-refractivity contribution in [2.45, 2.75) is 136 Å². The van der Waals surface area contributed by atoms with Gasteiger partial charge >= 0.3 is 12.3 Å². The van der Waals surface area contributed by atoms with E-state index in [1.807, 2.05) is 0 Å². The second-order valence-corrected chi connectivity index (χ2v) is 10.4. The van der Waals surface area contributed by atoms with Crippen LogP contribution in [0.2, 0.25) is 0 Å². The van der Waals surface area contributed by atoms with Gasteiger partial charge in [-0.05, 0) is 50.4 Å². The second-order valence-electron chi connectivity index (χ2n) is 10.4. The van der Waals surface area contributed by atoms with Gasteiger partial charge in [-0.15, -0.1) is 0 Å². The van der Waals surface area contributed by atoms with E-state index in [4.69, 9.17) is 18.9 Å². The highest BCUT2D eigenvalue weighted by molar-refractivity contribution is 5.60. The van der Waals surface area contributed by atoms with Crippen molar-refractivity contribution in [3.05, 3.63) is 0 Å². The van der Waals surface area contributed by atoms with E-state index in [0.29, 0.717) is 25.6 Å². The summed E-state index contributed by atoms with van der Waals surface area (Å²) >= 11 is 0. The van der Waals surface area contributed by atoms with Gasteiger partial charge < -0.3 is 18.9 Å². The van der Waals surface area contributed by atoms with Crippen molar-refractivity contribution in [1.29, 1.82) is 0 Å². The van der Waals surface area contributed by atoms with E-state index < -0.39 is 12.3 Å². The van der Waals surface area contributed by atoms with Crippen molar-refractivity contribution >= 4 is 12.3 Å². The lowest BCUT2D eigenvalue weighted by Gasteiger charge is -2.28. The molecule has 0 heterocycles. The Labute approximate surface area is 202 Å². The number of carbonyl (C=O) groups is 2. The first-order chi connectivity index (χ1) is 15.9. The maximum Gasteiger partial charge on any atom is 0.508 e. The highest BCUT2D eigenvalue weighted by Crippen LogP contribution is 2.24. The van der Waals surface area contributed by atoms with Gasteiger partial charge in [-0.2, -0.15) is 0 Å². The zero-order chi connectivity index (χ0) is 24.3. The van der Waals surface area contributed by atoms with Crippen LogP contribution in [0.1, 0.15) is 124 Å². The minimum atomic E-state index is -0.618. The molecule has 2 atom stereocenters. The number of ether oxygens (including phenoxy) is 4. The van der Waals surface area contributed by atoms with E-state index >= 15 is 0 Å². The van der Waals surface area contributed by atoms with Crippen molar-refractivity contribution in [2.24, 2.45) is 11.8 Å². The van der Waals surface area contributed by atoms with Gasteiger partial charge in [-0.3, -0.25) is 0 Å². The smallest absolute Gasteiger partial charge is 0.434 e. The lowest BCUT2D eigenvalue weighted by molar-refractivity contribution is -0.0350. The molecular formula is C27H50O6. The summed E-state index contributed by atoms with van der Waals surface area (Å²) in [5, 5.41) is 0. The normalized spacial score (nSPS) is 18.4. The largest absolute Gasteiger partial charge is 0.508 e. The van der Waals surface area contributed by atoms with Gasteiger partial charge in [0.15, 0.2) is 0 Å². The van der Waals surface area contributed by atoms with Crippen LogP contribution in [0, 0.1) is 11.8 Å². The zero-order valence-electron chi connectivity index (χ0n) is 21.8. The van der Waals surface area contributed by atoms with Crippen LogP contribution in [-0.4, -0.2) is 37.7 Å². The summed E-state index contributed by atoms with van der Waals surface area (Å²) in [5.74, 6) is 1.47. The van der Waals surface area contributed by atoms with E-state index in [2.05, 4.69) is 27.7 Å². The lowest BCUT2D eigenvalue weighted by Crippen LogP contribution is -2.32. The topological polar surface area (TPSA) is 71.1 Å². The summed E-state index contributed by atoms with van der Waals surface area (Å²) in [5.41, 5.74) is 0. The Morgan fingerprint density at radius 1 is 0.636 bits per heavy atom. The molecule has 6 nitrogen and oxygen atoms in total. The number of hydrogen-bond acceptors (Lipinski definition) is 6. The fraction of sp³-hybridized carbons (Fsp3) is 0.926. The predicted molar refractivity (Wildman–Crippen MR) is 131 cm³/mol. The Kier molecular flexibility index (Phi) is 16.9. The third-order valence-electron chi connectivity index (χ3n) is 6.15.